The first-order chi connectivity index (χ1) is 27.0. The third-order valence-electron chi connectivity index (χ3n) is 9.10. The minimum Gasteiger partial charge on any atom is -0.490 e. The maximum Gasteiger partial charge on any atom is 0.339 e. The largest absolute Gasteiger partial charge is 0.490 e. The van der Waals surface area contributed by atoms with Crippen LogP contribution < -0.4 is 9.47 Å². The Kier molecular flexibility index (Phi) is 14.4. The molecule has 296 valence electrons. The summed E-state index contributed by atoms with van der Waals surface area (Å²) >= 11 is 0. The number of benzene rings is 4. The lowest BCUT2D eigenvalue weighted by Gasteiger charge is -2.27. The molecule has 2 N–H and O–H groups in total. The van der Waals surface area contributed by atoms with E-state index in [1.54, 1.807) is 38.1 Å². The van der Waals surface area contributed by atoms with E-state index >= 15 is 0 Å². The van der Waals surface area contributed by atoms with Gasteiger partial charge in [-0.3, -0.25) is 9.59 Å². The number of allylic oxidation sites excluding steroid dienone is 2. The van der Waals surface area contributed by atoms with E-state index in [1.807, 2.05) is 38.1 Å². The van der Waals surface area contributed by atoms with E-state index in [0.29, 0.717) is 11.5 Å². The number of Topliss-reactive ketones (excluding diaryl/α,β-unsaturated/α-hetero) is 2. The number of carboxylic acid groups (broad SMARTS) is 2. The van der Waals surface area contributed by atoms with Crippen molar-refractivity contribution in [3.63, 3.8) is 0 Å². The fourth-order valence-electron chi connectivity index (χ4n) is 5.64. The monoisotopic (exact) mass is 776 g/mol. The molecule has 2 atom stereocenters. The van der Waals surface area contributed by atoms with Crippen molar-refractivity contribution in [2.75, 3.05) is 13.2 Å². The maximum atomic E-state index is 13.0. The summed E-state index contributed by atoms with van der Waals surface area (Å²) in [6.45, 7) is 14.1. The number of ether oxygens (including phenoxy) is 4. The Morgan fingerprint density at radius 1 is 0.544 bits per heavy atom. The Hall–Kier alpha value is -6.82. The molecule has 0 aromatic heterocycles. The van der Waals surface area contributed by atoms with Gasteiger partial charge < -0.3 is 29.2 Å². The lowest BCUT2D eigenvalue weighted by Crippen LogP contribution is -2.29. The van der Waals surface area contributed by atoms with Crippen molar-refractivity contribution >= 4 is 35.4 Å². The molecule has 0 fully saturated rings. The summed E-state index contributed by atoms with van der Waals surface area (Å²) in [6, 6.07) is 25.8. The van der Waals surface area contributed by atoms with Crippen LogP contribution in [0.3, 0.4) is 0 Å². The van der Waals surface area contributed by atoms with Gasteiger partial charge in [0, 0.05) is 5.41 Å². The first-order valence-corrected chi connectivity index (χ1v) is 17.9. The summed E-state index contributed by atoms with van der Waals surface area (Å²) in [7, 11) is 0. The van der Waals surface area contributed by atoms with Gasteiger partial charge in [0.1, 0.15) is 36.9 Å². The number of carbonyl (C=O) groups excluding carboxylic acids is 4. The molecule has 4 aromatic rings. The highest BCUT2D eigenvalue weighted by Gasteiger charge is 2.27. The number of aromatic carboxylic acids is 2. The summed E-state index contributed by atoms with van der Waals surface area (Å²) < 4.78 is 23.0. The molecule has 0 bridgehead atoms. The zero-order valence-electron chi connectivity index (χ0n) is 32.1. The molecule has 0 aliphatic rings. The van der Waals surface area contributed by atoms with Gasteiger partial charge in [0.25, 0.3) is 0 Å². The molecule has 0 heterocycles. The average molecular weight is 777 g/mol. The summed E-state index contributed by atoms with van der Waals surface area (Å²) in [5.74, 6) is -4.16. The van der Waals surface area contributed by atoms with E-state index < -0.39 is 41.5 Å². The lowest BCUT2D eigenvalue weighted by atomic mass is 9.78. The summed E-state index contributed by atoms with van der Waals surface area (Å²) in [4.78, 5) is 74.2. The summed E-state index contributed by atoms with van der Waals surface area (Å²) in [6.07, 6.45) is -2.46. The van der Waals surface area contributed by atoms with Crippen LogP contribution in [0.25, 0.3) is 0 Å². The average Bonchev–Trinajstić information content (AvgIpc) is 3.19. The van der Waals surface area contributed by atoms with Gasteiger partial charge in [-0.1, -0.05) is 75.5 Å². The second-order valence-electron chi connectivity index (χ2n) is 13.9. The zero-order valence-corrected chi connectivity index (χ0v) is 32.1. The van der Waals surface area contributed by atoms with E-state index in [4.69, 9.17) is 18.9 Å². The predicted octanol–water partition coefficient (Wildman–Crippen LogP) is 7.69. The second kappa shape index (κ2) is 19.2. The van der Waals surface area contributed by atoms with Crippen molar-refractivity contribution in [1.29, 1.82) is 0 Å². The van der Waals surface area contributed by atoms with Gasteiger partial charge in [-0.15, -0.1) is 0 Å². The van der Waals surface area contributed by atoms with E-state index in [-0.39, 0.29) is 71.0 Å². The van der Waals surface area contributed by atoms with Crippen molar-refractivity contribution in [3.8, 4) is 11.5 Å². The fourth-order valence-corrected chi connectivity index (χ4v) is 5.64. The van der Waals surface area contributed by atoms with E-state index in [0.717, 1.165) is 11.1 Å². The number of carboxylic acids is 2. The van der Waals surface area contributed by atoms with Crippen molar-refractivity contribution in [2.24, 2.45) is 0 Å². The van der Waals surface area contributed by atoms with Crippen LogP contribution >= 0.6 is 0 Å². The standard InChI is InChI=1S/C45H44O12/c1-27(2)39(46)23-33(56-43(52)37-13-9-7-11-35(37)41(48)49)25-54-31-19-15-29(16-20-31)45(5,6)30-17-21-32(22-18-30)55-26-34(24-40(47)28(3)4)57-44(53)38-14-10-8-12-36(38)42(50)51/h7-22,33-34H,1,3,23-26H2,2,4-6H3,(H,48,49)(H,50,51). The molecule has 0 aliphatic heterocycles. The number of hydrogen-bond donors (Lipinski definition) is 2. The van der Waals surface area contributed by atoms with Gasteiger partial charge in [-0.2, -0.15) is 0 Å². The lowest BCUT2D eigenvalue weighted by molar-refractivity contribution is -0.118. The molecule has 12 heteroatoms. The van der Waals surface area contributed by atoms with E-state index in [2.05, 4.69) is 13.2 Å². The van der Waals surface area contributed by atoms with Crippen LogP contribution in [0, 0.1) is 0 Å². The molecule has 0 saturated carbocycles. The normalized spacial score (nSPS) is 12.0. The number of carbonyl (C=O) groups is 6. The van der Waals surface area contributed by atoms with Gasteiger partial charge in [0.05, 0.1) is 35.1 Å². The fraction of sp³-hybridized carbons (Fsp3) is 0.244. The highest BCUT2D eigenvalue weighted by molar-refractivity contribution is 6.03. The van der Waals surface area contributed by atoms with Crippen LogP contribution in [0.1, 0.15) is 93.1 Å². The quantitative estimate of drug-likeness (QED) is 0.0661. The van der Waals surface area contributed by atoms with Gasteiger partial charge in [0.2, 0.25) is 0 Å². The van der Waals surface area contributed by atoms with Crippen molar-refractivity contribution in [2.45, 2.75) is 58.2 Å². The Bertz CT molecular complexity index is 2010. The zero-order chi connectivity index (χ0) is 41.9. The Balaban J connectivity index is 1.42. The molecule has 4 aromatic carbocycles. The highest BCUT2D eigenvalue weighted by Crippen LogP contribution is 2.33. The maximum absolute atomic E-state index is 13.0. The van der Waals surface area contributed by atoms with Gasteiger partial charge in [0.15, 0.2) is 11.6 Å². The smallest absolute Gasteiger partial charge is 0.339 e. The van der Waals surface area contributed by atoms with Crippen LogP contribution in [-0.4, -0.2) is 71.1 Å². The molecule has 0 spiro atoms. The summed E-state index contributed by atoms with van der Waals surface area (Å²) in [5, 5.41) is 19.0. The van der Waals surface area contributed by atoms with Crippen LogP contribution in [0.5, 0.6) is 11.5 Å². The molecule has 0 saturated heterocycles. The van der Waals surface area contributed by atoms with Crippen LogP contribution in [-0.2, 0) is 24.5 Å². The predicted molar refractivity (Wildman–Crippen MR) is 210 cm³/mol. The summed E-state index contributed by atoms with van der Waals surface area (Å²) in [5.41, 5.74) is 1.16. The number of esters is 2. The molecule has 4 rings (SSSR count). The Labute approximate surface area is 330 Å². The minimum absolute atomic E-state index is 0.148. The molecule has 12 nitrogen and oxygen atoms in total. The van der Waals surface area contributed by atoms with E-state index in [9.17, 15) is 39.0 Å². The molecule has 57 heavy (non-hydrogen) atoms. The van der Waals surface area contributed by atoms with Crippen LogP contribution in [0.2, 0.25) is 0 Å². The molecule has 2 unspecified atom stereocenters. The van der Waals surface area contributed by atoms with Gasteiger partial charge in [-0.05, 0) is 84.7 Å². The highest BCUT2D eigenvalue weighted by atomic mass is 16.6. The number of rotatable bonds is 20. The molecule has 0 radical (unpaired) electrons. The van der Waals surface area contributed by atoms with Crippen LogP contribution in [0.4, 0.5) is 0 Å². The van der Waals surface area contributed by atoms with Crippen molar-refractivity contribution in [3.05, 3.63) is 155 Å². The third-order valence-corrected chi connectivity index (χ3v) is 9.10. The first-order valence-electron chi connectivity index (χ1n) is 17.9. The molecular weight excluding hydrogens is 732 g/mol. The van der Waals surface area contributed by atoms with Crippen molar-refractivity contribution < 1.29 is 57.9 Å². The van der Waals surface area contributed by atoms with Gasteiger partial charge >= 0.3 is 23.9 Å². The topological polar surface area (TPSA) is 180 Å². The van der Waals surface area contributed by atoms with Crippen LogP contribution in [0.15, 0.2) is 121 Å². The minimum atomic E-state index is -1.29. The number of hydrogen-bond acceptors (Lipinski definition) is 10. The van der Waals surface area contributed by atoms with Gasteiger partial charge in [-0.25, -0.2) is 19.2 Å². The molecular formula is C45H44O12. The number of ketones is 2. The molecule has 0 amide bonds. The SMILES string of the molecule is C=C(C)C(=O)CC(COc1ccc(C(C)(C)c2ccc(OCC(CC(=O)C(=C)C)OC(=O)c3ccccc3C(=O)O)cc2)cc1)OC(=O)c1ccccc1C(=O)O. The van der Waals surface area contributed by atoms with Crippen molar-refractivity contribution in [1.82, 2.24) is 0 Å². The second-order valence-corrected chi connectivity index (χ2v) is 13.9. The first kappa shape index (κ1) is 42.9. The van der Waals surface area contributed by atoms with E-state index in [1.165, 1.54) is 48.5 Å². The Morgan fingerprint density at radius 3 is 1.16 bits per heavy atom. The molecule has 0 aliphatic carbocycles. The third kappa shape index (κ3) is 11.6. The Morgan fingerprint density at radius 2 is 0.860 bits per heavy atom.